The number of esters is 1. The molecule has 8 heteroatoms. The van der Waals surface area contributed by atoms with E-state index in [0.717, 1.165) is 35.7 Å². The normalized spacial score (nSPS) is 13.1. The lowest BCUT2D eigenvalue weighted by Gasteiger charge is -2.20. The van der Waals surface area contributed by atoms with E-state index in [2.05, 4.69) is 15.0 Å². The third-order valence-corrected chi connectivity index (χ3v) is 4.94. The van der Waals surface area contributed by atoms with Crippen molar-refractivity contribution in [2.45, 2.75) is 19.9 Å². The first-order chi connectivity index (χ1) is 13.1. The molecule has 27 heavy (non-hydrogen) atoms. The van der Waals surface area contributed by atoms with Crippen molar-refractivity contribution in [1.29, 1.82) is 0 Å². The van der Waals surface area contributed by atoms with Crippen LogP contribution in [0.15, 0.2) is 30.5 Å². The summed E-state index contributed by atoms with van der Waals surface area (Å²) >= 11 is 6.42. The Morgan fingerprint density at radius 1 is 1.30 bits per heavy atom. The Morgan fingerprint density at radius 2 is 2.07 bits per heavy atom. The van der Waals surface area contributed by atoms with E-state index < -0.39 is 5.97 Å². The first kappa shape index (κ1) is 17.6. The summed E-state index contributed by atoms with van der Waals surface area (Å²) in [5.41, 5.74) is 2.82. The van der Waals surface area contributed by atoms with Gasteiger partial charge < -0.3 is 14.4 Å². The van der Waals surface area contributed by atoms with Gasteiger partial charge in [-0.1, -0.05) is 23.7 Å². The van der Waals surface area contributed by atoms with Gasteiger partial charge in [-0.2, -0.15) is 9.61 Å². The fraction of sp³-hybridized carbons (Fsp3) is 0.316. The molecule has 3 aromatic rings. The molecular formula is C19H19ClN4O3. The van der Waals surface area contributed by atoms with Crippen LogP contribution >= 0.6 is 11.6 Å². The van der Waals surface area contributed by atoms with Crippen molar-refractivity contribution in [1.82, 2.24) is 14.6 Å². The average Bonchev–Trinajstić information content (AvgIpc) is 3.27. The van der Waals surface area contributed by atoms with Crippen LogP contribution in [-0.4, -0.2) is 40.8 Å². The zero-order valence-corrected chi connectivity index (χ0v) is 15.9. The van der Waals surface area contributed by atoms with Crippen molar-refractivity contribution in [2.24, 2.45) is 0 Å². The molecule has 0 radical (unpaired) electrons. The molecule has 0 saturated carbocycles. The van der Waals surface area contributed by atoms with Gasteiger partial charge in [0, 0.05) is 18.7 Å². The van der Waals surface area contributed by atoms with Gasteiger partial charge >= 0.3 is 5.97 Å². The molecular weight excluding hydrogens is 368 g/mol. The highest BCUT2D eigenvalue weighted by Gasteiger charge is 2.29. The van der Waals surface area contributed by atoms with E-state index in [4.69, 9.17) is 21.1 Å². The molecule has 0 spiro atoms. The maximum absolute atomic E-state index is 12.2. The number of carbonyl (C=O) groups is 1. The van der Waals surface area contributed by atoms with Crippen LogP contribution in [0.4, 0.5) is 5.82 Å². The minimum atomic E-state index is -0.448. The quantitative estimate of drug-likeness (QED) is 0.495. The number of halogens is 1. The molecule has 1 aliphatic heterocycles. The van der Waals surface area contributed by atoms with Crippen LogP contribution in [0, 0.1) is 0 Å². The Hall–Kier alpha value is -2.80. The number of rotatable bonds is 5. The van der Waals surface area contributed by atoms with Gasteiger partial charge in [0.15, 0.2) is 5.65 Å². The summed E-state index contributed by atoms with van der Waals surface area (Å²) < 4.78 is 12.0. The second-order valence-corrected chi connectivity index (χ2v) is 6.60. The van der Waals surface area contributed by atoms with Crippen molar-refractivity contribution in [3.05, 3.63) is 52.3 Å². The van der Waals surface area contributed by atoms with E-state index in [1.165, 1.54) is 6.20 Å². The number of aromatic nitrogens is 3. The molecule has 1 aliphatic rings. The topological polar surface area (TPSA) is 69.0 Å². The van der Waals surface area contributed by atoms with Gasteiger partial charge in [-0.05, 0) is 31.0 Å². The second-order valence-electron chi connectivity index (χ2n) is 6.24. The highest BCUT2D eigenvalue weighted by molar-refractivity contribution is 6.30. The summed E-state index contributed by atoms with van der Waals surface area (Å²) in [4.78, 5) is 18.8. The van der Waals surface area contributed by atoms with Crippen molar-refractivity contribution in [3.8, 4) is 5.75 Å². The lowest BCUT2D eigenvalue weighted by atomic mass is 10.2. The fourth-order valence-corrected chi connectivity index (χ4v) is 3.59. The fourth-order valence-electron chi connectivity index (χ4n) is 3.34. The van der Waals surface area contributed by atoms with Gasteiger partial charge in [-0.3, -0.25) is 0 Å². The molecule has 140 valence electrons. The second kappa shape index (κ2) is 7.08. The van der Waals surface area contributed by atoms with E-state index in [-0.39, 0.29) is 0 Å². The number of carbonyl (C=O) groups excluding carboxylic acids is 1. The molecule has 0 saturated heterocycles. The lowest BCUT2D eigenvalue weighted by molar-refractivity contribution is 0.0528. The maximum Gasteiger partial charge on any atom is 0.343 e. The van der Waals surface area contributed by atoms with E-state index in [0.29, 0.717) is 29.5 Å². The van der Waals surface area contributed by atoms with Crippen LogP contribution in [0.3, 0.4) is 0 Å². The van der Waals surface area contributed by atoms with Gasteiger partial charge in [0.2, 0.25) is 0 Å². The summed E-state index contributed by atoms with van der Waals surface area (Å²) in [6, 6.07) is 7.94. The number of ether oxygens (including phenoxy) is 2. The largest absolute Gasteiger partial charge is 0.497 e. The monoisotopic (exact) mass is 386 g/mol. The Balaban J connectivity index is 1.73. The number of methoxy groups -OCH3 is 1. The first-order valence-corrected chi connectivity index (χ1v) is 9.11. The lowest BCUT2D eigenvalue weighted by Crippen LogP contribution is -2.22. The summed E-state index contributed by atoms with van der Waals surface area (Å²) in [6.45, 7) is 3.55. The van der Waals surface area contributed by atoms with Crippen LogP contribution in [0.25, 0.3) is 5.65 Å². The first-order valence-electron chi connectivity index (χ1n) is 8.73. The Labute approximate surface area is 161 Å². The summed E-state index contributed by atoms with van der Waals surface area (Å²) in [5.74, 6) is 1.24. The van der Waals surface area contributed by atoms with Gasteiger partial charge in [0.1, 0.15) is 22.3 Å². The molecule has 0 amide bonds. The Morgan fingerprint density at radius 3 is 2.78 bits per heavy atom. The number of nitrogens with zero attached hydrogens (tertiary/aromatic N) is 4. The third kappa shape index (κ3) is 3.08. The van der Waals surface area contributed by atoms with Crippen LogP contribution in [0.5, 0.6) is 5.75 Å². The predicted molar refractivity (Wildman–Crippen MR) is 102 cm³/mol. The minimum absolute atomic E-state index is 0.290. The SMILES string of the molecule is CCOC(=O)c1cnn2c3c(c(Cl)nc12)CCN3Cc1ccc(OC)cc1. The van der Waals surface area contributed by atoms with E-state index in [9.17, 15) is 4.79 Å². The molecule has 0 unspecified atom stereocenters. The van der Waals surface area contributed by atoms with Crippen molar-refractivity contribution in [3.63, 3.8) is 0 Å². The van der Waals surface area contributed by atoms with Crippen molar-refractivity contribution < 1.29 is 14.3 Å². The number of hydrogen-bond donors (Lipinski definition) is 0. The predicted octanol–water partition coefficient (Wildman–Crippen LogP) is 3.13. The number of anilines is 1. The van der Waals surface area contributed by atoms with Gasteiger partial charge in [-0.15, -0.1) is 0 Å². The number of benzene rings is 1. The molecule has 0 atom stereocenters. The summed E-state index contributed by atoms with van der Waals surface area (Å²) in [7, 11) is 1.65. The molecule has 2 aromatic heterocycles. The average molecular weight is 387 g/mol. The highest BCUT2D eigenvalue weighted by Crippen LogP contribution is 2.34. The third-order valence-electron chi connectivity index (χ3n) is 4.63. The molecule has 7 nitrogen and oxygen atoms in total. The molecule has 0 N–H and O–H groups in total. The van der Waals surface area contributed by atoms with Gasteiger partial charge in [0.05, 0.1) is 19.9 Å². The van der Waals surface area contributed by atoms with E-state index in [1.54, 1.807) is 18.5 Å². The molecule has 0 fully saturated rings. The maximum atomic E-state index is 12.2. The smallest absolute Gasteiger partial charge is 0.343 e. The number of hydrogen-bond acceptors (Lipinski definition) is 6. The molecule has 0 aliphatic carbocycles. The van der Waals surface area contributed by atoms with Gasteiger partial charge in [-0.25, -0.2) is 9.78 Å². The molecule has 4 rings (SSSR count). The highest BCUT2D eigenvalue weighted by atomic mass is 35.5. The summed E-state index contributed by atoms with van der Waals surface area (Å²) in [5, 5.41) is 4.79. The Bertz CT molecular complexity index is 1000. The van der Waals surface area contributed by atoms with Crippen molar-refractivity contribution in [2.75, 3.05) is 25.2 Å². The molecule has 3 heterocycles. The van der Waals surface area contributed by atoms with Crippen LogP contribution < -0.4 is 9.64 Å². The van der Waals surface area contributed by atoms with Crippen LogP contribution in [0.2, 0.25) is 5.15 Å². The van der Waals surface area contributed by atoms with E-state index >= 15 is 0 Å². The molecule has 1 aromatic carbocycles. The minimum Gasteiger partial charge on any atom is -0.497 e. The molecule has 0 bridgehead atoms. The zero-order chi connectivity index (χ0) is 19.0. The Kier molecular flexibility index (Phi) is 4.61. The van der Waals surface area contributed by atoms with E-state index in [1.807, 2.05) is 24.3 Å². The van der Waals surface area contributed by atoms with Crippen LogP contribution in [0.1, 0.15) is 28.4 Å². The number of fused-ring (bicyclic) bond motifs is 3. The standard InChI is InChI=1S/C19H19ClN4O3/c1-3-27-19(25)15-10-21-24-17(15)22-16(20)14-8-9-23(18(14)24)11-12-4-6-13(26-2)7-5-12/h4-7,10H,3,8-9,11H2,1-2H3. The van der Waals surface area contributed by atoms with Gasteiger partial charge in [0.25, 0.3) is 0 Å². The van der Waals surface area contributed by atoms with Crippen molar-refractivity contribution >= 4 is 29.0 Å². The van der Waals surface area contributed by atoms with Crippen LogP contribution in [-0.2, 0) is 17.7 Å². The summed E-state index contributed by atoms with van der Waals surface area (Å²) in [6.07, 6.45) is 2.27. The zero-order valence-electron chi connectivity index (χ0n) is 15.1.